The number of rotatable bonds is 8. The van der Waals surface area contributed by atoms with Crippen molar-refractivity contribution in [2.45, 2.75) is 12.5 Å². The van der Waals surface area contributed by atoms with Crippen LogP contribution in [-0.4, -0.2) is 52.2 Å². The van der Waals surface area contributed by atoms with Crippen molar-refractivity contribution in [1.82, 2.24) is 5.01 Å². The number of hydrogen-bond donors (Lipinski definition) is 0. The van der Waals surface area contributed by atoms with E-state index >= 15 is 0 Å². The number of furan rings is 1. The smallest absolute Gasteiger partial charge is 0.310 e. The van der Waals surface area contributed by atoms with E-state index in [1.54, 1.807) is 53.7 Å². The molecule has 1 amide bonds. The number of hydrazone groups is 1. The Kier molecular flexibility index (Phi) is 6.62. The third kappa shape index (κ3) is 4.12. The maximum absolute atomic E-state index is 13.3. The van der Waals surface area contributed by atoms with E-state index in [2.05, 4.69) is 0 Å². The monoisotopic (exact) mass is 466 g/mol. The number of benzene rings is 2. The van der Waals surface area contributed by atoms with E-state index in [9.17, 15) is 4.79 Å². The minimum Gasteiger partial charge on any atom is -0.497 e. The molecular weight excluding hydrogens is 440 g/mol. The van der Waals surface area contributed by atoms with Crippen LogP contribution in [0.25, 0.3) is 0 Å². The van der Waals surface area contributed by atoms with Gasteiger partial charge in [-0.3, -0.25) is 4.79 Å². The molecule has 2 aromatic carbocycles. The summed E-state index contributed by atoms with van der Waals surface area (Å²) in [6.45, 7) is 0. The summed E-state index contributed by atoms with van der Waals surface area (Å²) in [6, 6.07) is 11.9. The Labute approximate surface area is 197 Å². The molecule has 0 spiro atoms. The zero-order chi connectivity index (χ0) is 24.2. The van der Waals surface area contributed by atoms with Gasteiger partial charge in [0.2, 0.25) is 5.75 Å². The molecule has 2 heterocycles. The van der Waals surface area contributed by atoms with Gasteiger partial charge in [0.05, 0.1) is 53.6 Å². The highest BCUT2D eigenvalue weighted by Gasteiger charge is 2.36. The maximum atomic E-state index is 13.3. The topological polar surface area (TPSA) is 92.0 Å². The molecule has 0 unspecified atom stereocenters. The Balaban J connectivity index is 1.81. The molecule has 0 N–H and O–H groups in total. The fraction of sp³-hybridized carbons (Fsp3) is 0.280. The second kappa shape index (κ2) is 9.78. The highest BCUT2D eigenvalue weighted by Crippen LogP contribution is 2.44. The van der Waals surface area contributed by atoms with Crippen LogP contribution >= 0.6 is 0 Å². The number of carbonyl (C=O) groups is 1. The van der Waals surface area contributed by atoms with E-state index in [4.69, 9.17) is 33.2 Å². The van der Waals surface area contributed by atoms with Gasteiger partial charge in [-0.15, -0.1) is 0 Å². The van der Waals surface area contributed by atoms with Crippen LogP contribution in [0.1, 0.15) is 34.1 Å². The SMILES string of the molecule is COc1ccc(C2=NN(C(=O)c3ccco3)[C@H](c3cc(OC)c(OC)c(OC)c3)C2)c(OC)c1. The van der Waals surface area contributed by atoms with Gasteiger partial charge in [0.15, 0.2) is 17.3 Å². The fourth-order valence-electron chi connectivity index (χ4n) is 3.96. The van der Waals surface area contributed by atoms with Gasteiger partial charge in [0, 0.05) is 18.1 Å². The van der Waals surface area contributed by atoms with E-state index in [0.717, 1.165) is 11.1 Å². The van der Waals surface area contributed by atoms with Crippen molar-refractivity contribution in [1.29, 1.82) is 0 Å². The van der Waals surface area contributed by atoms with E-state index in [0.29, 0.717) is 40.9 Å². The Bertz CT molecular complexity index is 1180. The van der Waals surface area contributed by atoms with Crippen molar-refractivity contribution in [2.75, 3.05) is 35.5 Å². The standard InChI is InChI=1S/C25H26N2O7/c1-29-16-8-9-17(21(13-16)30-2)18-14-19(27(26-18)25(28)20-7-6-10-34-20)15-11-22(31-3)24(33-5)23(12-15)32-4/h6-13,19H,14H2,1-5H3/t19-/m0/s1. The first kappa shape index (κ1) is 23.0. The Hall–Kier alpha value is -4.14. The van der Waals surface area contributed by atoms with Gasteiger partial charge in [-0.1, -0.05) is 0 Å². The second-order valence-corrected chi connectivity index (χ2v) is 7.42. The fourth-order valence-corrected chi connectivity index (χ4v) is 3.96. The zero-order valence-corrected chi connectivity index (χ0v) is 19.7. The summed E-state index contributed by atoms with van der Waals surface area (Å²) in [5.74, 6) is 2.50. The predicted octanol–water partition coefficient (Wildman–Crippen LogP) is 4.31. The van der Waals surface area contributed by atoms with Gasteiger partial charge in [-0.05, 0) is 42.0 Å². The highest BCUT2D eigenvalue weighted by molar-refractivity contribution is 6.06. The first-order valence-corrected chi connectivity index (χ1v) is 10.5. The lowest BCUT2D eigenvalue weighted by molar-refractivity contribution is 0.0678. The van der Waals surface area contributed by atoms with Crippen LogP contribution in [0.2, 0.25) is 0 Å². The molecule has 0 saturated heterocycles. The zero-order valence-electron chi connectivity index (χ0n) is 19.7. The van der Waals surface area contributed by atoms with Crippen molar-refractivity contribution in [3.8, 4) is 28.7 Å². The Morgan fingerprint density at radius 3 is 2.18 bits per heavy atom. The van der Waals surface area contributed by atoms with Gasteiger partial charge < -0.3 is 28.1 Å². The van der Waals surface area contributed by atoms with E-state index in [1.807, 2.05) is 24.3 Å². The Morgan fingerprint density at radius 1 is 0.912 bits per heavy atom. The molecule has 0 aliphatic carbocycles. The summed E-state index contributed by atoms with van der Waals surface area (Å²) in [7, 11) is 7.80. The normalized spacial score (nSPS) is 15.0. The number of hydrogen-bond acceptors (Lipinski definition) is 8. The maximum Gasteiger partial charge on any atom is 0.310 e. The average molecular weight is 466 g/mol. The van der Waals surface area contributed by atoms with Crippen molar-refractivity contribution in [3.05, 3.63) is 65.6 Å². The van der Waals surface area contributed by atoms with Crippen LogP contribution in [0.3, 0.4) is 0 Å². The molecule has 0 saturated carbocycles. The van der Waals surface area contributed by atoms with Crippen molar-refractivity contribution < 1.29 is 32.9 Å². The summed E-state index contributed by atoms with van der Waals surface area (Å²) in [6.07, 6.45) is 1.88. The molecule has 1 aromatic heterocycles. The van der Waals surface area contributed by atoms with Crippen LogP contribution in [-0.2, 0) is 0 Å². The van der Waals surface area contributed by atoms with Gasteiger partial charge in [-0.2, -0.15) is 5.10 Å². The van der Waals surface area contributed by atoms with Gasteiger partial charge in [0.1, 0.15) is 11.5 Å². The van der Waals surface area contributed by atoms with Crippen LogP contribution < -0.4 is 23.7 Å². The summed E-state index contributed by atoms with van der Waals surface area (Å²) in [4.78, 5) is 13.3. The van der Waals surface area contributed by atoms with E-state index < -0.39 is 6.04 Å². The number of methoxy groups -OCH3 is 5. The van der Waals surface area contributed by atoms with Crippen LogP contribution in [0.15, 0.2) is 58.2 Å². The molecule has 1 aliphatic heterocycles. The average Bonchev–Trinajstić information content (AvgIpc) is 3.57. The number of nitrogens with zero attached hydrogens (tertiary/aromatic N) is 2. The molecule has 0 fully saturated rings. The van der Waals surface area contributed by atoms with Gasteiger partial charge >= 0.3 is 5.91 Å². The molecular formula is C25H26N2O7. The highest BCUT2D eigenvalue weighted by atomic mass is 16.5. The molecule has 34 heavy (non-hydrogen) atoms. The molecule has 0 radical (unpaired) electrons. The van der Waals surface area contributed by atoms with E-state index in [1.165, 1.54) is 11.3 Å². The van der Waals surface area contributed by atoms with Gasteiger partial charge in [-0.25, -0.2) is 5.01 Å². The van der Waals surface area contributed by atoms with Crippen LogP contribution in [0.5, 0.6) is 28.7 Å². The molecule has 9 heteroatoms. The number of carbonyl (C=O) groups excluding carboxylic acids is 1. The van der Waals surface area contributed by atoms with Crippen LogP contribution in [0.4, 0.5) is 0 Å². The first-order chi connectivity index (χ1) is 16.5. The minimum absolute atomic E-state index is 0.184. The second-order valence-electron chi connectivity index (χ2n) is 7.42. The summed E-state index contributed by atoms with van der Waals surface area (Å²) < 4.78 is 32.7. The lowest BCUT2D eigenvalue weighted by Gasteiger charge is -2.23. The molecule has 9 nitrogen and oxygen atoms in total. The summed E-state index contributed by atoms with van der Waals surface area (Å²) in [5.41, 5.74) is 2.20. The number of amides is 1. The first-order valence-electron chi connectivity index (χ1n) is 10.5. The largest absolute Gasteiger partial charge is 0.497 e. The summed E-state index contributed by atoms with van der Waals surface area (Å²) in [5, 5.41) is 6.11. The molecule has 1 atom stereocenters. The molecule has 4 rings (SSSR count). The lowest BCUT2D eigenvalue weighted by atomic mass is 9.97. The summed E-state index contributed by atoms with van der Waals surface area (Å²) >= 11 is 0. The predicted molar refractivity (Wildman–Crippen MR) is 124 cm³/mol. The van der Waals surface area contributed by atoms with Crippen molar-refractivity contribution in [3.63, 3.8) is 0 Å². The Morgan fingerprint density at radius 2 is 1.62 bits per heavy atom. The lowest BCUT2D eigenvalue weighted by Crippen LogP contribution is -2.26. The quantitative estimate of drug-likeness (QED) is 0.488. The third-order valence-corrected chi connectivity index (χ3v) is 5.64. The molecule has 3 aromatic rings. The van der Waals surface area contributed by atoms with Crippen LogP contribution in [0, 0.1) is 0 Å². The minimum atomic E-state index is -0.451. The van der Waals surface area contributed by atoms with Gasteiger partial charge in [0.25, 0.3) is 0 Å². The molecule has 1 aliphatic rings. The number of ether oxygens (including phenoxy) is 5. The molecule has 178 valence electrons. The van der Waals surface area contributed by atoms with Crippen molar-refractivity contribution in [2.24, 2.45) is 5.10 Å². The van der Waals surface area contributed by atoms with Crippen molar-refractivity contribution >= 4 is 11.6 Å². The molecule has 0 bridgehead atoms. The third-order valence-electron chi connectivity index (χ3n) is 5.64. The van der Waals surface area contributed by atoms with E-state index in [-0.39, 0.29) is 11.7 Å².